The first kappa shape index (κ1) is 17.6. The van der Waals surface area contributed by atoms with Gasteiger partial charge < -0.3 is 10.1 Å². The van der Waals surface area contributed by atoms with E-state index in [-0.39, 0.29) is 13.1 Å². The number of halogens is 1. The number of nitrogens with one attached hydrogen (secondary N) is 1. The molecule has 1 aliphatic rings. The largest absolute Gasteiger partial charge is 0.476 e. The van der Waals surface area contributed by atoms with Crippen LogP contribution in [-0.2, 0) is 21.4 Å². The smallest absolute Gasteiger partial charge is 0.263 e. The average Bonchev–Trinajstić information content (AvgIpc) is 2.59. The molecule has 0 aromatic heterocycles. The van der Waals surface area contributed by atoms with Crippen LogP contribution in [0.1, 0.15) is 5.56 Å². The Kier molecular flexibility index (Phi) is 4.87. The molecule has 25 heavy (non-hydrogen) atoms. The summed E-state index contributed by atoms with van der Waals surface area (Å²) < 4.78 is 31.0. The van der Waals surface area contributed by atoms with E-state index in [9.17, 15) is 13.2 Å². The van der Waals surface area contributed by atoms with Gasteiger partial charge in [-0.25, -0.2) is 8.42 Å². The topological polar surface area (TPSA) is 75.7 Å². The molecule has 0 aliphatic carbocycles. The number of anilines is 1. The van der Waals surface area contributed by atoms with Crippen molar-refractivity contribution in [1.29, 1.82) is 0 Å². The summed E-state index contributed by atoms with van der Waals surface area (Å²) in [4.78, 5) is 12.5. The van der Waals surface area contributed by atoms with E-state index in [4.69, 9.17) is 16.3 Å². The molecule has 6 nitrogen and oxygen atoms in total. The molecule has 0 fully saturated rings. The Morgan fingerprint density at radius 1 is 1.24 bits per heavy atom. The zero-order chi connectivity index (χ0) is 18.0. The molecule has 3 rings (SSSR count). The minimum atomic E-state index is -3.53. The van der Waals surface area contributed by atoms with Gasteiger partial charge in [-0.3, -0.25) is 9.10 Å². The third-order valence-electron chi connectivity index (χ3n) is 3.84. The SMILES string of the molecule is CS(=O)(=O)N1CC(C(=O)NCc2ccccc2Cl)Oc2ccccc21. The lowest BCUT2D eigenvalue weighted by atomic mass is 10.2. The molecule has 1 unspecified atom stereocenters. The normalized spacial score (nSPS) is 16.7. The Balaban J connectivity index is 1.77. The molecular formula is C17H17ClN2O4S. The lowest BCUT2D eigenvalue weighted by Gasteiger charge is -2.33. The van der Waals surface area contributed by atoms with Crippen molar-refractivity contribution in [3.05, 3.63) is 59.1 Å². The minimum Gasteiger partial charge on any atom is -0.476 e. The van der Waals surface area contributed by atoms with Crippen LogP contribution in [0.4, 0.5) is 5.69 Å². The summed E-state index contributed by atoms with van der Waals surface area (Å²) in [6.07, 6.45) is 0.167. The van der Waals surface area contributed by atoms with Gasteiger partial charge in [-0.15, -0.1) is 0 Å². The van der Waals surface area contributed by atoms with Crippen molar-refractivity contribution in [2.24, 2.45) is 0 Å². The fraction of sp³-hybridized carbons (Fsp3) is 0.235. The number of para-hydroxylation sites is 2. The van der Waals surface area contributed by atoms with Gasteiger partial charge in [0, 0.05) is 11.6 Å². The second-order valence-corrected chi connectivity index (χ2v) is 7.99. The number of amides is 1. The van der Waals surface area contributed by atoms with Crippen LogP contribution in [0.15, 0.2) is 48.5 Å². The van der Waals surface area contributed by atoms with Crippen LogP contribution in [0.25, 0.3) is 0 Å². The van der Waals surface area contributed by atoms with Crippen LogP contribution >= 0.6 is 11.6 Å². The van der Waals surface area contributed by atoms with E-state index in [0.717, 1.165) is 11.8 Å². The fourth-order valence-electron chi connectivity index (χ4n) is 2.59. The molecule has 0 spiro atoms. The van der Waals surface area contributed by atoms with Gasteiger partial charge in [0.15, 0.2) is 6.10 Å². The van der Waals surface area contributed by atoms with Crippen LogP contribution in [0, 0.1) is 0 Å². The molecule has 0 saturated carbocycles. The predicted molar refractivity (Wildman–Crippen MR) is 96.3 cm³/mol. The number of sulfonamides is 1. The zero-order valence-electron chi connectivity index (χ0n) is 13.5. The Morgan fingerprint density at radius 2 is 1.92 bits per heavy atom. The molecule has 1 heterocycles. The van der Waals surface area contributed by atoms with Gasteiger partial charge in [0.25, 0.3) is 5.91 Å². The van der Waals surface area contributed by atoms with Gasteiger partial charge in [0.1, 0.15) is 5.75 Å². The molecule has 8 heteroatoms. The molecule has 0 saturated heterocycles. The summed E-state index contributed by atoms with van der Waals surface area (Å²) in [5.74, 6) is -0.0415. The molecule has 0 radical (unpaired) electrons. The summed E-state index contributed by atoms with van der Waals surface area (Å²) in [5, 5.41) is 3.29. The molecule has 1 atom stereocenters. The third kappa shape index (κ3) is 3.88. The molecule has 132 valence electrons. The average molecular weight is 381 g/mol. The maximum atomic E-state index is 12.5. The number of ether oxygens (including phenoxy) is 1. The Morgan fingerprint density at radius 3 is 2.64 bits per heavy atom. The van der Waals surface area contributed by atoms with E-state index in [1.54, 1.807) is 36.4 Å². The highest BCUT2D eigenvalue weighted by Crippen LogP contribution is 2.34. The minimum absolute atomic E-state index is 0.0792. The van der Waals surface area contributed by atoms with Gasteiger partial charge in [-0.05, 0) is 23.8 Å². The number of benzene rings is 2. The number of hydrogen-bond acceptors (Lipinski definition) is 4. The molecule has 1 amide bonds. The van der Waals surface area contributed by atoms with Crippen molar-refractivity contribution >= 4 is 33.2 Å². The number of hydrogen-bond donors (Lipinski definition) is 1. The Hall–Kier alpha value is -2.25. The van der Waals surface area contributed by atoms with Gasteiger partial charge in [0.2, 0.25) is 10.0 Å². The van der Waals surface area contributed by atoms with E-state index < -0.39 is 22.0 Å². The van der Waals surface area contributed by atoms with Gasteiger partial charge in [-0.1, -0.05) is 41.9 Å². The summed E-state index contributed by atoms with van der Waals surface area (Å²) >= 11 is 6.07. The highest BCUT2D eigenvalue weighted by molar-refractivity contribution is 7.92. The quantitative estimate of drug-likeness (QED) is 0.882. The predicted octanol–water partition coefficient (Wildman–Crippen LogP) is 2.18. The van der Waals surface area contributed by atoms with E-state index in [1.165, 1.54) is 4.31 Å². The van der Waals surface area contributed by atoms with Gasteiger partial charge >= 0.3 is 0 Å². The lowest BCUT2D eigenvalue weighted by Crippen LogP contribution is -2.50. The summed E-state index contributed by atoms with van der Waals surface area (Å²) in [5.41, 5.74) is 1.20. The fourth-order valence-corrected chi connectivity index (χ4v) is 3.71. The van der Waals surface area contributed by atoms with Gasteiger partial charge in [-0.2, -0.15) is 0 Å². The first-order valence-electron chi connectivity index (χ1n) is 7.61. The molecule has 0 bridgehead atoms. The van der Waals surface area contributed by atoms with Crippen molar-refractivity contribution in [3.63, 3.8) is 0 Å². The maximum absolute atomic E-state index is 12.5. The standard InChI is InChI=1S/C17H17ClN2O4S/c1-25(22,23)20-11-16(24-15-9-5-4-8-14(15)20)17(21)19-10-12-6-2-3-7-13(12)18/h2-9,16H,10-11H2,1H3,(H,19,21). The van der Waals surface area contributed by atoms with Crippen LogP contribution in [0.2, 0.25) is 5.02 Å². The van der Waals surface area contributed by atoms with Crippen molar-refractivity contribution in [3.8, 4) is 5.75 Å². The summed E-state index contributed by atoms with van der Waals surface area (Å²) in [7, 11) is -3.53. The summed E-state index contributed by atoms with van der Waals surface area (Å²) in [6, 6.07) is 13.9. The Labute approximate surface area is 151 Å². The van der Waals surface area contributed by atoms with E-state index in [2.05, 4.69) is 5.32 Å². The Bertz CT molecular complexity index is 901. The lowest BCUT2D eigenvalue weighted by molar-refractivity contribution is -0.127. The number of nitrogens with zero attached hydrogens (tertiary/aromatic N) is 1. The highest BCUT2D eigenvalue weighted by Gasteiger charge is 2.34. The number of carbonyl (C=O) groups is 1. The van der Waals surface area contributed by atoms with Crippen LogP contribution in [0.3, 0.4) is 0 Å². The highest BCUT2D eigenvalue weighted by atomic mass is 35.5. The first-order valence-corrected chi connectivity index (χ1v) is 9.83. The number of carbonyl (C=O) groups excluding carboxylic acids is 1. The maximum Gasteiger partial charge on any atom is 0.263 e. The zero-order valence-corrected chi connectivity index (χ0v) is 15.0. The van der Waals surface area contributed by atoms with E-state index in [0.29, 0.717) is 16.5 Å². The second-order valence-electron chi connectivity index (χ2n) is 5.68. The number of fused-ring (bicyclic) bond motifs is 1. The first-order chi connectivity index (χ1) is 11.9. The number of rotatable bonds is 4. The third-order valence-corrected chi connectivity index (χ3v) is 5.35. The van der Waals surface area contributed by atoms with Crippen molar-refractivity contribution in [1.82, 2.24) is 5.32 Å². The van der Waals surface area contributed by atoms with Crippen molar-refractivity contribution in [2.75, 3.05) is 17.1 Å². The molecule has 2 aromatic carbocycles. The van der Waals surface area contributed by atoms with Gasteiger partial charge in [0.05, 0.1) is 18.5 Å². The molecule has 1 N–H and O–H groups in total. The van der Waals surface area contributed by atoms with Crippen LogP contribution < -0.4 is 14.4 Å². The van der Waals surface area contributed by atoms with Crippen LogP contribution in [-0.4, -0.2) is 33.2 Å². The van der Waals surface area contributed by atoms with Crippen molar-refractivity contribution in [2.45, 2.75) is 12.6 Å². The van der Waals surface area contributed by atoms with E-state index in [1.807, 2.05) is 12.1 Å². The molecule has 2 aromatic rings. The molecule has 1 aliphatic heterocycles. The monoisotopic (exact) mass is 380 g/mol. The molecular weight excluding hydrogens is 364 g/mol. The van der Waals surface area contributed by atoms with Crippen LogP contribution in [0.5, 0.6) is 5.75 Å². The second kappa shape index (κ2) is 6.93. The van der Waals surface area contributed by atoms with Crippen molar-refractivity contribution < 1.29 is 17.9 Å². The van der Waals surface area contributed by atoms with E-state index >= 15 is 0 Å². The summed E-state index contributed by atoms with van der Waals surface area (Å²) in [6.45, 7) is 0.156.